The molecule has 0 unspecified atom stereocenters. The van der Waals surface area contributed by atoms with Crippen molar-refractivity contribution in [1.82, 2.24) is 15.8 Å². The van der Waals surface area contributed by atoms with Crippen LogP contribution in [0.25, 0.3) is 10.9 Å². The van der Waals surface area contributed by atoms with Crippen LogP contribution in [0.3, 0.4) is 0 Å². The van der Waals surface area contributed by atoms with Gasteiger partial charge in [0.2, 0.25) is 0 Å². The molecule has 1 heterocycles. The zero-order valence-electron chi connectivity index (χ0n) is 13.3. The minimum atomic E-state index is -0.505. The number of carbonyl (C=O) groups excluding carboxylic acids is 2. The van der Waals surface area contributed by atoms with E-state index in [1.807, 2.05) is 6.07 Å². The Bertz CT molecular complexity index is 964. The summed E-state index contributed by atoms with van der Waals surface area (Å²) in [6.07, 6.45) is 1.62. The summed E-state index contributed by atoms with van der Waals surface area (Å²) < 4.78 is 6.36. The Morgan fingerprint density at radius 1 is 1.08 bits per heavy atom. The number of fused-ring (bicyclic) bond motifs is 1. The third-order valence-corrected chi connectivity index (χ3v) is 4.32. The third kappa shape index (κ3) is 4.30. The van der Waals surface area contributed by atoms with Crippen molar-refractivity contribution in [3.63, 3.8) is 0 Å². The molecule has 0 fully saturated rings. The average molecular weight is 435 g/mol. The number of nitrogens with zero attached hydrogens (tertiary/aromatic N) is 1. The van der Waals surface area contributed by atoms with Gasteiger partial charge in [0.1, 0.15) is 11.3 Å². The van der Waals surface area contributed by atoms with Crippen LogP contribution >= 0.6 is 27.5 Å². The van der Waals surface area contributed by atoms with Crippen LogP contribution in [0.15, 0.2) is 59.2 Å². The molecule has 8 heteroatoms. The highest BCUT2D eigenvalue weighted by Crippen LogP contribution is 2.29. The fourth-order valence-electron chi connectivity index (χ4n) is 2.21. The maximum atomic E-state index is 11.9. The summed E-state index contributed by atoms with van der Waals surface area (Å²) in [5.74, 6) is -0.502. The molecule has 1 aromatic heterocycles. The fourth-order valence-corrected chi connectivity index (χ4v) is 2.69. The molecule has 0 saturated carbocycles. The number of carbonyl (C=O) groups is 2. The van der Waals surface area contributed by atoms with Gasteiger partial charge in [0, 0.05) is 21.6 Å². The highest BCUT2D eigenvalue weighted by molar-refractivity contribution is 9.10. The first kappa shape index (κ1) is 18.2. The number of halogens is 2. The van der Waals surface area contributed by atoms with Gasteiger partial charge >= 0.3 is 0 Å². The second-order valence-corrected chi connectivity index (χ2v) is 6.57. The zero-order chi connectivity index (χ0) is 18.5. The van der Waals surface area contributed by atoms with Crippen LogP contribution in [0.5, 0.6) is 5.75 Å². The van der Waals surface area contributed by atoms with Gasteiger partial charge in [-0.3, -0.25) is 25.4 Å². The molecule has 3 aromatic rings. The maximum absolute atomic E-state index is 11.9. The van der Waals surface area contributed by atoms with Crippen LogP contribution in [-0.4, -0.2) is 23.4 Å². The largest absolute Gasteiger partial charge is 0.481 e. The second-order valence-electron chi connectivity index (χ2n) is 5.24. The number of rotatable bonds is 4. The predicted molar refractivity (Wildman–Crippen MR) is 102 cm³/mol. The van der Waals surface area contributed by atoms with Crippen molar-refractivity contribution in [2.75, 3.05) is 6.61 Å². The van der Waals surface area contributed by atoms with E-state index in [1.165, 1.54) is 0 Å². The van der Waals surface area contributed by atoms with E-state index >= 15 is 0 Å². The van der Waals surface area contributed by atoms with E-state index in [2.05, 4.69) is 31.8 Å². The fraction of sp³-hybridized carbons (Fsp3) is 0.0556. The van der Waals surface area contributed by atoms with Crippen LogP contribution < -0.4 is 15.6 Å². The third-order valence-electron chi connectivity index (χ3n) is 3.46. The van der Waals surface area contributed by atoms with Gasteiger partial charge in [0.25, 0.3) is 11.8 Å². The summed E-state index contributed by atoms with van der Waals surface area (Å²) in [6.45, 7) is -0.284. The van der Waals surface area contributed by atoms with Gasteiger partial charge in [-0.25, -0.2) is 0 Å². The van der Waals surface area contributed by atoms with Crippen molar-refractivity contribution in [3.05, 3.63) is 69.8 Å². The first-order valence-corrected chi connectivity index (χ1v) is 8.72. The molecule has 3 rings (SSSR count). The van der Waals surface area contributed by atoms with Crippen molar-refractivity contribution >= 4 is 50.2 Å². The molecule has 0 radical (unpaired) electrons. The van der Waals surface area contributed by atoms with Crippen molar-refractivity contribution in [3.8, 4) is 5.75 Å². The number of hydrogen-bond acceptors (Lipinski definition) is 4. The van der Waals surface area contributed by atoms with Gasteiger partial charge in [-0.1, -0.05) is 27.5 Å². The van der Waals surface area contributed by atoms with Crippen LogP contribution in [-0.2, 0) is 4.79 Å². The summed E-state index contributed by atoms with van der Waals surface area (Å²) in [6, 6.07) is 13.6. The second kappa shape index (κ2) is 8.16. The molecule has 132 valence electrons. The molecular formula is C18H13BrClN3O3. The van der Waals surface area contributed by atoms with Crippen LogP contribution in [0.1, 0.15) is 10.4 Å². The van der Waals surface area contributed by atoms with Crippen molar-refractivity contribution in [1.29, 1.82) is 0 Å². The standard InChI is InChI=1S/C18H13BrClN3O3/c19-12-5-3-11(4-6-12)18(25)23-22-16(24)10-26-15-8-7-14(20)13-2-1-9-21-17(13)15/h1-9H,10H2,(H,22,24)(H,23,25). The summed E-state index contributed by atoms with van der Waals surface area (Å²) in [4.78, 5) is 28.1. The Kier molecular flexibility index (Phi) is 5.70. The van der Waals surface area contributed by atoms with E-state index in [9.17, 15) is 9.59 Å². The lowest BCUT2D eigenvalue weighted by Gasteiger charge is -2.10. The number of ether oxygens (including phenoxy) is 1. The molecule has 2 aromatic carbocycles. The van der Waals surface area contributed by atoms with Crippen LogP contribution in [0.4, 0.5) is 0 Å². The number of amides is 2. The molecule has 26 heavy (non-hydrogen) atoms. The van der Waals surface area contributed by atoms with Gasteiger partial charge in [-0.2, -0.15) is 0 Å². The Morgan fingerprint density at radius 3 is 2.62 bits per heavy atom. The molecule has 0 spiro atoms. The number of aromatic nitrogens is 1. The van der Waals surface area contributed by atoms with Crippen molar-refractivity contribution < 1.29 is 14.3 Å². The predicted octanol–water partition coefficient (Wildman–Crippen LogP) is 3.49. The number of nitrogens with one attached hydrogen (secondary N) is 2. The smallest absolute Gasteiger partial charge is 0.276 e. The Balaban J connectivity index is 1.57. The Labute approximate surface area is 162 Å². The molecule has 0 aliphatic rings. The van der Waals surface area contributed by atoms with Gasteiger partial charge in [0.05, 0.1) is 5.02 Å². The highest BCUT2D eigenvalue weighted by atomic mass is 79.9. The lowest BCUT2D eigenvalue weighted by Crippen LogP contribution is -2.43. The number of hydrazine groups is 1. The van der Waals surface area contributed by atoms with E-state index in [-0.39, 0.29) is 6.61 Å². The lowest BCUT2D eigenvalue weighted by atomic mass is 10.2. The van der Waals surface area contributed by atoms with E-state index in [0.29, 0.717) is 21.9 Å². The topological polar surface area (TPSA) is 80.3 Å². The molecule has 0 bridgehead atoms. The number of benzene rings is 2. The van der Waals surface area contributed by atoms with Gasteiger partial charge in [-0.05, 0) is 48.5 Å². The molecule has 0 saturated heterocycles. The Morgan fingerprint density at radius 2 is 1.85 bits per heavy atom. The van der Waals surface area contributed by atoms with E-state index < -0.39 is 11.8 Å². The normalized spacial score (nSPS) is 10.4. The van der Waals surface area contributed by atoms with E-state index in [0.717, 1.165) is 9.86 Å². The minimum Gasteiger partial charge on any atom is -0.481 e. The highest BCUT2D eigenvalue weighted by Gasteiger charge is 2.10. The first-order chi connectivity index (χ1) is 12.5. The van der Waals surface area contributed by atoms with Gasteiger partial charge in [0.15, 0.2) is 6.61 Å². The minimum absolute atomic E-state index is 0.284. The monoisotopic (exact) mass is 433 g/mol. The lowest BCUT2D eigenvalue weighted by molar-refractivity contribution is -0.123. The average Bonchev–Trinajstić information content (AvgIpc) is 2.66. The summed E-state index contributed by atoms with van der Waals surface area (Å²) in [5.41, 5.74) is 5.61. The molecule has 2 amide bonds. The molecule has 0 atom stereocenters. The number of hydrogen-bond donors (Lipinski definition) is 2. The van der Waals surface area contributed by atoms with Crippen molar-refractivity contribution in [2.24, 2.45) is 0 Å². The van der Waals surface area contributed by atoms with Crippen LogP contribution in [0, 0.1) is 0 Å². The van der Waals surface area contributed by atoms with Gasteiger partial charge in [-0.15, -0.1) is 0 Å². The summed E-state index contributed by atoms with van der Waals surface area (Å²) >= 11 is 9.41. The SMILES string of the molecule is O=C(COc1ccc(Cl)c2cccnc12)NNC(=O)c1ccc(Br)cc1. The molecular weight excluding hydrogens is 422 g/mol. The summed E-state index contributed by atoms with van der Waals surface area (Å²) in [7, 11) is 0. The summed E-state index contributed by atoms with van der Waals surface area (Å²) in [5, 5.41) is 1.28. The number of pyridine rings is 1. The van der Waals surface area contributed by atoms with Gasteiger partial charge < -0.3 is 4.74 Å². The Hall–Kier alpha value is -2.64. The first-order valence-electron chi connectivity index (χ1n) is 7.55. The van der Waals surface area contributed by atoms with Crippen molar-refractivity contribution in [2.45, 2.75) is 0 Å². The molecule has 2 N–H and O–H groups in total. The maximum Gasteiger partial charge on any atom is 0.276 e. The molecule has 0 aliphatic heterocycles. The molecule has 6 nitrogen and oxygen atoms in total. The zero-order valence-corrected chi connectivity index (χ0v) is 15.7. The van der Waals surface area contributed by atoms with E-state index in [4.69, 9.17) is 16.3 Å². The molecule has 0 aliphatic carbocycles. The van der Waals surface area contributed by atoms with Crippen LogP contribution in [0.2, 0.25) is 5.02 Å². The quantitative estimate of drug-likeness (QED) is 0.616. The van der Waals surface area contributed by atoms with E-state index in [1.54, 1.807) is 48.7 Å².